The van der Waals surface area contributed by atoms with Crippen LogP contribution in [-0.4, -0.2) is 5.91 Å². The maximum absolute atomic E-state index is 11.6. The van der Waals surface area contributed by atoms with Gasteiger partial charge in [0.25, 0.3) is 0 Å². The van der Waals surface area contributed by atoms with Gasteiger partial charge in [0.15, 0.2) is 0 Å². The van der Waals surface area contributed by atoms with Gasteiger partial charge in [-0.05, 0) is 24.1 Å². The molecule has 2 rings (SSSR count). The number of nitrogens with zero attached hydrogens (tertiary/aromatic N) is 1. The van der Waals surface area contributed by atoms with E-state index in [1.807, 2.05) is 78.1 Å². The Morgan fingerprint density at radius 3 is 1.95 bits per heavy atom. The molecule has 0 fully saturated rings. The second-order valence-corrected chi connectivity index (χ2v) is 4.05. The normalized spacial score (nSPS) is 12.1. The summed E-state index contributed by atoms with van der Waals surface area (Å²) in [5.41, 5.74) is 2.16. The Morgan fingerprint density at radius 2 is 1.52 bits per heavy atom. The molecule has 1 amide bonds. The molecule has 1 heterocycles. The van der Waals surface area contributed by atoms with E-state index in [1.54, 1.807) is 4.90 Å². The van der Waals surface area contributed by atoms with Crippen LogP contribution in [0, 0.1) is 0 Å². The number of rotatable bonds is 2. The predicted molar refractivity (Wildman–Crippen MR) is 99.0 cm³/mol. The van der Waals surface area contributed by atoms with Gasteiger partial charge in [-0.1, -0.05) is 75.7 Å². The van der Waals surface area contributed by atoms with Gasteiger partial charge in [-0.2, -0.15) is 0 Å². The molecule has 0 unspecified atom stereocenters. The molecular weight excluding hydrogens is 326 g/mol. The Morgan fingerprint density at radius 1 is 1.00 bits per heavy atom. The van der Waals surface area contributed by atoms with Crippen LogP contribution in [0.2, 0.25) is 0 Å². The number of carbonyl (C=O) groups excluding carboxylic acids is 1. The van der Waals surface area contributed by atoms with Crippen molar-refractivity contribution in [2.45, 2.75) is 59.7 Å². The van der Waals surface area contributed by atoms with Crippen LogP contribution in [0.4, 0.5) is 5.69 Å². The van der Waals surface area contributed by atoms with Gasteiger partial charge in [0.2, 0.25) is 5.91 Å². The maximum atomic E-state index is 11.6. The van der Waals surface area contributed by atoms with Crippen LogP contribution in [0.5, 0.6) is 0 Å². The summed E-state index contributed by atoms with van der Waals surface area (Å²) < 4.78 is 0. The van der Waals surface area contributed by atoms with Gasteiger partial charge >= 0.3 is 0 Å². The van der Waals surface area contributed by atoms with Gasteiger partial charge in [0, 0.05) is 23.6 Å². The predicted octanol–water partition coefficient (Wildman–Crippen LogP) is 6.30. The van der Waals surface area contributed by atoms with Crippen molar-refractivity contribution in [3.05, 3.63) is 42.1 Å². The zero-order chi connectivity index (χ0) is 16.7. The zero-order valence-electron chi connectivity index (χ0n) is 14.3. The molecule has 0 aliphatic carbocycles. The third kappa shape index (κ3) is 8.05. The third-order valence-corrected chi connectivity index (χ3v) is 3.06. The van der Waals surface area contributed by atoms with Crippen LogP contribution in [-0.2, 0) is 10.1 Å². The molecule has 1 aliphatic rings. The minimum Gasteiger partial charge on any atom is -0.288 e. The summed E-state index contributed by atoms with van der Waals surface area (Å²) in [6, 6.07) is 8.01. The lowest BCUT2D eigenvalue weighted by molar-refractivity contribution is -0.118. The quantitative estimate of drug-likeness (QED) is 0.569. The van der Waals surface area contributed by atoms with Crippen LogP contribution < -0.4 is 4.90 Å². The lowest BCUT2D eigenvalue weighted by Crippen LogP contribution is -2.26. The molecule has 3 heteroatoms. The molecule has 0 saturated carbocycles. The summed E-state index contributed by atoms with van der Waals surface area (Å²) in [5, 5.41) is 0.844. The Hall–Kier alpha value is -1.09. The summed E-state index contributed by atoms with van der Waals surface area (Å²) >= 11 is 3.40. The molecule has 0 N–H and O–H groups in total. The highest BCUT2D eigenvalue weighted by Crippen LogP contribution is 2.20. The summed E-state index contributed by atoms with van der Waals surface area (Å²) in [4.78, 5) is 13.3. The lowest BCUT2D eigenvalue weighted by atomic mass is 10.1. The fourth-order valence-electron chi connectivity index (χ4n) is 1.57. The number of amides is 1. The summed E-state index contributed by atoms with van der Waals surface area (Å²) in [7, 11) is 0. The second kappa shape index (κ2) is 15.3. The van der Waals surface area contributed by atoms with Crippen molar-refractivity contribution in [3.63, 3.8) is 0 Å². The highest BCUT2D eigenvalue weighted by molar-refractivity contribution is 9.08. The van der Waals surface area contributed by atoms with E-state index in [4.69, 9.17) is 0 Å². The van der Waals surface area contributed by atoms with Crippen molar-refractivity contribution in [2.75, 3.05) is 4.90 Å². The number of carbonyl (C=O) groups is 1. The molecule has 1 aromatic rings. The topological polar surface area (TPSA) is 20.3 Å². The van der Waals surface area contributed by atoms with Gasteiger partial charge < -0.3 is 0 Å². The number of benzene rings is 1. The van der Waals surface area contributed by atoms with Crippen molar-refractivity contribution in [2.24, 2.45) is 0 Å². The average Bonchev–Trinajstić information content (AvgIpc) is 2.61. The SMILES string of the molecule is CC.CC.CC.O=C1CCC=CN1c1ccc(CBr)cc1. The standard InChI is InChI=1S/C12H12BrNO.3C2H6/c13-9-10-4-6-11(7-5-10)14-8-2-1-3-12(14)15;3*1-2/h2,4-8H,1,3,9H2;3*1-2H3. The van der Waals surface area contributed by atoms with E-state index < -0.39 is 0 Å². The molecule has 0 radical (unpaired) electrons. The molecule has 0 spiro atoms. The highest BCUT2D eigenvalue weighted by atomic mass is 79.9. The number of halogens is 1. The summed E-state index contributed by atoms with van der Waals surface area (Å²) in [5.74, 6) is 0.170. The number of anilines is 1. The van der Waals surface area contributed by atoms with Gasteiger partial charge in [-0.15, -0.1) is 0 Å². The van der Waals surface area contributed by atoms with Gasteiger partial charge in [-0.3, -0.25) is 9.69 Å². The van der Waals surface area contributed by atoms with Crippen LogP contribution in [0.25, 0.3) is 0 Å². The molecule has 0 atom stereocenters. The monoisotopic (exact) mass is 355 g/mol. The maximum Gasteiger partial charge on any atom is 0.231 e. The first-order chi connectivity index (χ1) is 10.3. The van der Waals surface area contributed by atoms with E-state index in [2.05, 4.69) is 15.9 Å². The van der Waals surface area contributed by atoms with Crippen LogP contribution in [0.1, 0.15) is 59.9 Å². The summed E-state index contributed by atoms with van der Waals surface area (Å²) in [6.07, 6.45) is 5.35. The fraction of sp³-hybridized carbons (Fsp3) is 0.500. The Labute approximate surface area is 139 Å². The average molecular weight is 356 g/mol. The molecule has 120 valence electrons. The van der Waals surface area contributed by atoms with E-state index in [1.165, 1.54) is 5.56 Å². The third-order valence-electron chi connectivity index (χ3n) is 2.42. The lowest BCUT2D eigenvalue weighted by Gasteiger charge is -2.21. The van der Waals surface area contributed by atoms with Crippen molar-refractivity contribution in [1.29, 1.82) is 0 Å². The van der Waals surface area contributed by atoms with E-state index in [0.717, 1.165) is 17.4 Å². The zero-order valence-corrected chi connectivity index (χ0v) is 15.9. The molecule has 21 heavy (non-hydrogen) atoms. The molecule has 1 aromatic carbocycles. The Balaban J connectivity index is 0. The van der Waals surface area contributed by atoms with Crippen LogP contribution >= 0.6 is 15.9 Å². The second-order valence-electron chi connectivity index (χ2n) is 3.49. The first-order valence-corrected chi connectivity index (χ1v) is 9.07. The van der Waals surface area contributed by atoms with Crippen molar-refractivity contribution in [1.82, 2.24) is 0 Å². The Kier molecular flexibility index (Phi) is 16.2. The molecule has 0 aromatic heterocycles. The first kappa shape index (κ1) is 22.2. The first-order valence-electron chi connectivity index (χ1n) is 7.95. The number of hydrogen-bond donors (Lipinski definition) is 0. The Bertz CT molecular complexity index is 385. The molecular formula is C18H30BrNO. The van der Waals surface area contributed by atoms with E-state index in [9.17, 15) is 4.79 Å². The van der Waals surface area contributed by atoms with E-state index >= 15 is 0 Å². The smallest absolute Gasteiger partial charge is 0.231 e. The van der Waals surface area contributed by atoms with E-state index in [-0.39, 0.29) is 5.91 Å². The van der Waals surface area contributed by atoms with Crippen molar-refractivity contribution >= 4 is 27.5 Å². The molecule has 0 saturated heterocycles. The fourth-order valence-corrected chi connectivity index (χ4v) is 1.94. The van der Waals surface area contributed by atoms with Gasteiger partial charge in [0.05, 0.1) is 0 Å². The van der Waals surface area contributed by atoms with Crippen LogP contribution in [0.15, 0.2) is 36.5 Å². The number of alkyl halides is 1. The van der Waals surface area contributed by atoms with Crippen molar-refractivity contribution < 1.29 is 4.79 Å². The van der Waals surface area contributed by atoms with Crippen molar-refractivity contribution in [3.8, 4) is 0 Å². The molecule has 1 aliphatic heterocycles. The van der Waals surface area contributed by atoms with E-state index in [0.29, 0.717) is 6.42 Å². The molecule has 0 bridgehead atoms. The summed E-state index contributed by atoms with van der Waals surface area (Å²) in [6.45, 7) is 12.0. The van der Waals surface area contributed by atoms with Gasteiger partial charge in [-0.25, -0.2) is 0 Å². The largest absolute Gasteiger partial charge is 0.288 e. The number of hydrogen-bond acceptors (Lipinski definition) is 1. The van der Waals surface area contributed by atoms with Gasteiger partial charge in [0.1, 0.15) is 0 Å². The van der Waals surface area contributed by atoms with Crippen LogP contribution in [0.3, 0.4) is 0 Å². The number of allylic oxidation sites excluding steroid dienone is 1. The highest BCUT2D eigenvalue weighted by Gasteiger charge is 2.15. The minimum absolute atomic E-state index is 0.170. The molecule has 2 nitrogen and oxygen atoms in total. The minimum atomic E-state index is 0.170.